The summed E-state index contributed by atoms with van der Waals surface area (Å²) in [5, 5.41) is 3.88. The first-order valence-electron chi connectivity index (χ1n) is 9.14. The minimum atomic E-state index is -0.454. The van der Waals surface area contributed by atoms with Gasteiger partial charge in [0, 0.05) is 18.5 Å². The van der Waals surface area contributed by atoms with Gasteiger partial charge in [0.05, 0.1) is 24.9 Å². The molecule has 0 spiro atoms. The number of fused-ring (bicyclic) bond motifs is 1. The summed E-state index contributed by atoms with van der Waals surface area (Å²) in [6.45, 7) is 5.41. The van der Waals surface area contributed by atoms with E-state index in [1.807, 2.05) is 32.2 Å². The van der Waals surface area contributed by atoms with Crippen LogP contribution in [0.1, 0.15) is 42.2 Å². The Bertz CT molecular complexity index is 840. The number of hydrogen-bond acceptors (Lipinski definition) is 4. The fourth-order valence-corrected chi connectivity index (χ4v) is 3.88. The molecule has 140 valence electrons. The fraction of sp³-hybridized carbons (Fsp3) is 0.500. The largest absolute Gasteiger partial charge is 0.464 e. The van der Waals surface area contributed by atoms with Crippen LogP contribution in [-0.2, 0) is 16.6 Å². The van der Waals surface area contributed by atoms with Gasteiger partial charge in [0.2, 0.25) is 5.91 Å². The van der Waals surface area contributed by atoms with Gasteiger partial charge in [0.25, 0.3) is 0 Å². The number of carbonyl (C=O) groups excluding carboxylic acids is 2. The summed E-state index contributed by atoms with van der Waals surface area (Å²) in [5.74, 6) is -0.551. The van der Waals surface area contributed by atoms with Gasteiger partial charge >= 0.3 is 5.97 Å². The second kappa shape index (κ2) is 7.50. The smallest absolute Gasteiger partial charge is 0.356 e. The molecule has 1 fully saturated rings. The number of hydrogen-bond donors (Lipinski definition) is 1. The van der Waals surface area contributed by atoms with E-state index >= 15 is 0 Å². The first-order valence-corrected chi connectivity index (χ1v) is 9.14. The number of anilines is 1. The molecule has 1 aromatic heterocycles. The van der Waals surface area contributed by atoms with Gasteiger partial charge in [-0.1, -0.05) is 18.6 Å². The van der Waals surface area contributed by atoms with Crippen molar-refractivity contribution in [2.75, 3.05) is 25.5 Å². The molecule has 1 N–H and O–H groups in total. The average molecular weight is 357 g/mol. The fourth-order valence-electron chi connectivity index (χ4n) is 3.88. The third kappa shape index (κ3) is 3.33. The van der Waals surface area contributed by atoms with Crippen LogP contribution >= 0.6 is 0 Å². The second-order valence-electron chi connectivity index (χ2n) is 7.11. The number of esters is 1. The Balaban J connectivity index is 1.95. The number of aryl methyl sites for hydroxylation is 2. The summed E-state index contributed by atoms with van der Waals surface area (Å²) in [6.07, 6.45) is 3.46. The van der Waals surface area contributed by atoms with Crippen LogP contribution in [0.4, 0.5) is 5.69 Å². The van der Waals surface area contributed by atoms with E-state index in [0.717, 1.165) is 35.9 Å². The van der Waals surface area contributed by atoms with Gasteiger partial charge < -0.3 is 14.6 Å². The summed E-state index contributed by atoms with van der Waals surface area (Å²) >= 11 is 0. The maximum atomic E-state index is 12.7. The second-order valence-corrected chi connectivity index (χ2v) is 7.11. The molecule has 1 aromatic carbocycles. The van der Waals surface area contributed by atoms with Crippen molar-refractivity contribution in [2.24, 2.45) is 7.05 Å². The van der Waals surface area contributed by atoms with Crippen molar-refractivity contribution in [1.82, 2.24) is 9.47 Å². The standard InChI is InChI=1S/C20H27N3O3/c1-13-8-7-10-15-17(13)18(19(22(15)3)20(25)26-4)21-16(24)12-23-11-6-5-9-14(23)2/h7-8,10,14H,5-6,9,11-12H2,1-4H3,(H,21,24). The molecule has 1 aliphatic rings. The number of amides is 1. The number of piperidine rings is 1. The third-order valence-corrected chi connectivity index (χ3v) is 5.36. The van der Waals surface area contributed by atoms with Crippen LogP contribution in [-0.4, -0.2) is 47.6 Å². The van der Waals surface area contributed by atoms with E-state index < -0.39 is 5.97 Å². The zero-order valence-electron chi connectivity index (χ0n) is 16.0. The molecule has 2 aromatic rings. The minimum Gasteiger partial charge on any atom is -0.464 e. The number of carbonyl (C=O) groups is 2. The molecule has 1 aliphatic heterocycles. The van der Waals surface area contributed by atoms with Crippen LogP contribution in [0.15, 0.2) is 18.2 Å². The Hall–Kier alpha value is -2.34. The predicted octanol–water partition coefficient (Wildman–Crippen LogP) is 3.09. The third-order valence-electron chi connectivity index (χ3n) is 5.36. The molecule has 26 heavy (non-hydrogen) atoms. The van der Waals surface area contributed by atoms with Crippen LogP contribution in [0, 0.1) is 6.92 Å². The van der Waals surface area contributed by atoms with Gasteiger partial charge in [-0.05, 0) is 44.9 Å². The lowest BCUT2D eigenvalue weighted by atomic mass is 10.0. The van der Waals surface area contributed by atoms with Crippen molar-refractivity contribution < 1.29 is 14.3 Å². The Kier molecular flexibility index (Phi) is 5.32. The topological polar surface area (TPSA) is 63.6 Å². The lowest BCUT2D eigenvalue weighted by Crippen LogP contribution is -2.42. The summed E-state index contributed by atoms with van der Waals surface area (Å²) in [7, 11) is 3.17. The van der Waals surface area contributed by atoms with Crippen molar-refractivity contribution in [3.63, 3.8) is 0 Å². The number of ether oxygens (including phenoxy) is 1. The van der Waals surface area contributed by atoms with Crippen LogP contribution < -0.4 is 5.32 Å². The maximum absolute atomic E-state index is 12.7. The number of methoxy groups -OCH3 is 1. The van der Waals surface area contributed by atoms with E-state index in [-0.39, 0.29) is 5.91 Å². The Morgan fingerprint density at radius 2 is 2.08 bits per heavy atom. The van der Waals surface area contributed by atoms with E-state index in [2.05, 4.69) is 17.1 Å². The van der Waals surface area contributed by atoms with E-state index in [1.54, 1.807) is 4.57 Å². The van der Waals surface area contributed by atoms with E-state index in [1.165, 1.54) is 13.5 Å². The Morgan fingerprint density at radius 3 is 2.77 bits per heavy atom. The molecular formula is C20H27N3O3. The van der Waals surface area contributed by atoms with E-state index in [0.29, 0.717) is 24.0 Å². The molecule has 0 radical (unpaired) electrons. The lowest BCUT2D eigenvalue weighted by molar-refractivity contribution is -0.118. The van der Waals surface area contributed by atoms with Crippen LogP contribution in [0.3, 0.4) is 0 Å². The summed E-state index contributed by atoms with van der Waals surface area (Å²) in [5.41, 5.74) is 2.82. The van der Waals surface area contributed by atoms with Gasteiger partial charge in [-0.2, -0.15) is 0 Å². The SMILES string of the molecule is COC(=O)c1c(NC(=O)CN2CCCCC2C)c2c(C)cccc2n1C. The minimum absolute atomic E-state index is 0.0975. The molecule has 0 saturated carbocycles. The molecule has 0 bridgehead atoms. The van der Waals surface area contributed by atoms with Crippen molar-refractivity contribution in [3.05, 3.63) is 29.5 Å². The molecule has 0 aliphatic carbocycles. The van der Waals surface area contributed by atoms with Gasteiger partial charge in [0.1, 0.15) is 0 Å². The number of rotatable bonds is 4. The monoisotopic (exact) mass is 357 g/mol. The molecule has 1 saturated heterocycles. The zero-order chi connectivity index (χ0) is 18.8. The number of nitrogens with zero attached hydrogens (tertiary/aromatic N) is 2. The number of aromatic nitrogens is 1. The number of benzene rings is 1. The quantitative estimate of drug-likeness (QED) is 0.854. The highest BCUT2D eigenvalue weighted by Gasteiger charge is 2.26. The van der Waals surface area contributed by atoms with Crippen molar-refractivity contribution in [2.45, 2.75) is 39.2 Å². The molecule has 1 amide bonds. The van der Waals surface area contributed by atoms with Crippen LogP contribution in [0.5, 0.6) is 0 Å². The van der Waals surface area contributed by atoms with Gasteiger partial charge in [-0.25, -0.2) is 4.79 Å². The lowest BCUT2D eigenvalue weighted by Gasteiger charge is -2.32. The highest BCUT2D eigenvalue weighted by molar-refractivity contribution is 6.12. The molecule has 2 heterocycles. The number of likely N-dealkylation sites (tertiary alicyclic amines) is 1. The maximum Gasteiger partial charge on any atom is 0.356 e. The number of nitrogens with one attached hydrogen (secondary N) is 1. The zero-order valence-corrected chi connectivity index (χ0v) is 16.0. The summed E-state index contributed by atoms with van der Waals surface area (Å²) < 4.78 is 6.74. The van der Waals surface area contributed by atoms with Crippen molar-refractivity contribution in [1.29, 1.82) is 0 Å². The highest BCUT2D eigenvalue weighted by Crippen LogP contribution is 2.33. The summed E-state index contributed by atoms with van der Waals surface area (Å²) in [4.78, 5) is 27.3. The van der Waals surface area contributed by atoms with E-state index in [9.17, 15) is 9.59 Å². The first kappa shape index (κ1) is 18.5. The predicted molar refractivity (Wildman–Crippen MR) is 103 cm³/mol. The first-order chi connectivity index (χ1) is 12.4. The van der Waals surface area contributed by atoms with Crippen molar-refractivity contribution in [3.8, 4) is 0 Å². The van der Waals surface area contributed by atoms with Gasteiger partial charge in [0.15, 0.2) is 5.69 Å². The molecule has 6 heteroatoms. The Labute approximate surface area is 154 Å². The Morgan fingerprint density at radius 1 is 1.31 bits per heavy atom. The molecule has 6 nitrogen and oxygen atoms in total. The van der Waals surface area contributed by atoms with Crippen molar-refractivity contribution >= 4 is 28.5 Å². The molecule has 1 unspecified atom stereocenters. The average Bonchev–Trinajstić information content (AvgIpc) is 2.89. The van der Waals surface area contributed by atoms with Gasteiger partial charge in [-0.15, -0.1) is 0 Å². The van der Waals surface area contributed by atoms with Gasteiger partial charge in [-0.3, -0.25) is 9.69 Å². The molecular weight excluding hydrogens is 330 g/mol. The van der Waals surface area contributed by atoms with Crippen LogP contribution in [0.2, 0.25) is 0 Å². The van der Waals surface area contributed by atoms with E-state index in [4.69, 9.17) is 4.74 Å². The molecule has 3 rings (SSSR count). The molecule has 1 atom stereocenters. The summed E-state index contributed by atoms with van der Waals surface area (Å²) in [6, 6.07) is 6.27. The normalized spacial score (nSPS) is 18.1. The highest BCUT2D eigenvalue weighted by atomic mass is 16.5. The van der Waals surface area contributed by atoms with Crippen LogP contribution in [0.25, 0.3) is 10.9 Å².